The Labute approximate surface area is 93.6 Å². The molecule has 0 rings (SSSR count). The first-order valence-corrected chi connectivity index (χ1v) is 6.57. The lowest BCUT2D eigenvalue weighted by molar-refractivity contribution is 0.355. The van der Waals surface area contributed by atoms with Gasteiger partial charge in [-0.05, 0) is 33.9 Å². The molecule has 0 atom stereocenters. The van der Waals surface area contributed by atoms with Gasteiger partial charge in [-0.1, -0.05) is 0 Å². The Morgan fingerprint density at radius 3 is 2.20 bits per heavy atom. The zero-order valence-electron chi connectivity index (χ0n) is 10.3. The fourth-order valence-electron chi connectivity index (χ4n) is 1.08. The minimum atomic E-state index is -3.28. The fourth-order valence-corrected chi connectivity index (χ4v) is 2.41. The highest BCUT2D eigenvalue weighted by molar-refractivity contribution is 7.86. The number of rotatable bonds is 7. The average molecular weight is 237 g/mol. The van der Waals surface area contributed by atoms with E-state index in [1.807, 2.05) is 20.9 Å². The molecule has 0 unspecified atom stereocenters. The Morgan fingerprint density at radius 2 is 1.80 bits per heavy atom. The average Bonchev–Trinajstić information content (AvgIpc) is 2.16. The van der Waals surface area contributed by atoms with Crippen molar-refractivity contribution in [3.63, 3.8) is 0 Å². The Hall–Kier alpha value is -0.170. The van der Waals surface area contributed by atoms with Crippen LogP contribution in [0.25, 0.3) is 0 Å². The largest absolute Gasteiger partial charge is 0.320 e. The summed E-state index contributed by atoms with van der Waals surface area (Å²) in [5.41, 5.74) is 0. The van der Waals surface area contributed by atoms with Crippen LogP contribution < -0.4 is 5.32 Å². The quantitative estimate of drug-likeness (QED) is 0.640. The number of hydrogen-bond acceptors (Lipinski definition) is 3. The first kappa shape index (κ1) is 14.8. The van der Waals surface area contributed by atoms with E-state index in [0.717, 1.165) is 13.0 Å². The maximum atomic E-state index is 11.9. The highest BCUT2D eigenvalue weighted by Crippen LogP contribution is 2.07. The molecule has 0 saturated heterocycles. The van der Waals surface area contributed by atoms with Crippen LogP contribution in [0.5, 0.6) is 0 Å². The molecule has 15 heavy (non-hydrogen) atoms. The fraction of sp³-hybridized carbons (Fsp3) is 1.00. The molecule has 1 N–H and O–H groups in total. The van der Waals surface area contributed by atoms with E-state index in [9.17, 15) is 8.42 Å². The maximum absolute atomic E-state index is 11.9. The third kappa shape index (κ3) is 4.46. The number of hydrogen-bond donors (Lipinski definition) is 1. The molecule has 0 aromatic rings. The van der Waals surface area contributed by atoms with Gasteiger partial charge in [0.15, 0.2) is 0 Å². The van der Waals surface area contributed by atoms with Crippen LogP contribution in [0.15, 0.2) is 0 Å². The lowest BCUT2D eigenvalue weighted by Gasteiger charge is -2.26. The van der Waals surface area contributed by atoms with E-state index in [0.29, 0.717) is 6.54 Å². The summed E-state index contributed by atoms with van der Waals surface area (Å²) in [6.07, 6.45) is 0.818. The molecule has 0 spiro atoms. The summed E-state index contributed by atoms with van der Waals surface area (Å²) in [6, 6.07) is -0.0123. The van der Waals surface area contributed by atoms with Gasteiger partial charge in [0, 0.05) is 26.7 Å². The molecular weight excluding hydrogens is 214 g/mol. The predicted octanol–water partition coefficient (Wildman–Crippen LogP) is 0.113. The van der Waals surface area contributed by atoms with Crippen LogP contribution in [0.4, 0.5) is 0 Å². The molecule has 0 radical (unpaired) electrons. The van der Waals surface area contributed by atoms with E-state index in [2.05, 4.69) is 5.32 Å². The molecule has 0 aromatic carbocycles. The van der Waals surface area contributed by atoms with Gasteiger partial charge >= 0.3 is 0 Å². The lowest BCUT2D eigenvalue weighted by atomic mass is 10.4. The summed E-state index contributed by atoms with van der Waals surface area (Å²) in [6.45, 7) is 5.09. The van der Waals surface area contributed by atoms with Crippen molar-refractivity contribution in [2.24, 2.45) is 0 Å². The van der Waals surface area contributed by atoms with Crippen molar-refractivity contribution in [1.29, 1.82) is 0 Å². The second kappa shape index (κ2) is 6.42. The van der Waals surface area contributed by atoms with Crippen LogP contribution in [0, 0.1) is 0 Å². The zero-order chi connectivity index (χ0) is 12.1. The Bertz CT molecular complexity index is 265. The molecule has 0 aliphatic rings. The van der Waals surface area contributed by atoms with Gasteiger partial charge in [0.05, 0.1) is 0 Å². The highest BCUT2D eigenvalue weighted by Gasteiger charge is 2.24. The molecule has 6 heteroatoms. The summed E-state index contributed by atoms with van der Waals surface area (Å²) in [4.78, 5) is 0. The molecule has 0 saturated carbocycles. The molecule has 0 aromatic heterocycles. The zero-order valence-corrected chi connectivity index (χ0v) is 11.1. The van der Waals surface area contributed by atoms with E-state index in [-0.39, 0.29) is 6.04 Å². The molecule has 92 valence electrons. The number of nitrogens with zero attached hydrogens (tertiary/aromatic N) is 2. The normalized spacial score (nSPS) is 13.1. The molecule has 0 bridgehead atoms. The van der Waals surface area contributed by atoms with Gasteiger partial charge in [-0.25, -0.2) is 0 Å². The highest BCUT2D eigenvalue weighted by atomic mass is 32.2. The molecule has 0 fully saturated rings. The van der Waals surface area contributed by atoms with Gasteiger partial charge in [0.25, 0.3) is 10.2 Å². The van der Waals surface area contributed by atoms with Crippen LogP contribution >= 0.6 is 0 Å². The van der Waals surface area contributed by atoms with Gasteiger partial charge in [-0.15, -0.1) is 0 Å². The van der Waals surface area contributed by atoms with Gasteiger partial charge in [0.2, 0.25) is 0 Å². The second-order valence-corrected chi connectivity index (χ2v) is 5.99. The first-order chi connectivity index (χ1) is 6.84. The Morgan fingerprint density at radius 1 is 1.27 bits per heavy atom. The van der Waals surface area contributed by atoms with Crippen molar-refractivity contribution in [3.8, 4) is 0 Å². The summed E-state index contributed by atoms with van der Waals surface area (Å²) in [7, 11) is 1.80. The van der Waals surface area contributed by atoms with Crippen LogP contribution in [-0.4, -0.2) is 57.3 Å². The minimum absolute atomic E-state index is 0.0123. The third-order valence-corrected chi connectivity index (χ3v) is 4.50. The molecule has 0 heterocycles. The first-order valence-electron chi connectivity index (χ1n) is 5.18. The van der Waals surface area contributed by atoms with Gasteiger partial charge < -0.3 is 5.32 Å². The molecule has 5 nitrogen and oxygen atoms in total. The van der Waals surface area contributed by atoms with Crippen LogP contribution in [0.1, 0.15) is 20.3 Å². The molecule has 0 aliphatic heterocycles. The molecule has 0 aliphatic carbocycles. The monoisotopic (exact) mass is 237 g/mol. The van der Waals surface area contributed by atoms with Crippen LogP contribution in [0.2, 0.25) is 0 Å². The van der Waals surface area contributed by atoms with Crippen molar-refractivity contribution in [2.45, 2.75) is 26.3 Å². The molecular formula is C9H23N3O2S. The van der Waals surface area contributed by atoms with E-state index in [4.69, 9.17) is 0 Å². The number of nitrogens with one attached hydrogen (secondary N) is 1. The van der Waals surface area contributed by atoms with Crippen molar-refractivity contribution in [3.05, 3.63) is 0 Å². The van der Waals surface area contributed by atoms with Gasteiger partial charge in [-0.3, -0.25) is 0 Å². The van der Waals surface area contributed by atoms with Gasteiger partial charge in [-0.2, -0.15) is 17.0 Å². The van der Waals surface area contributed by atoms with E-state index in [1.165, 1.54) is 8.61 Å². The van der Waals surface area contributed by atoms with Crippen molar-refractivity contribution >= 4 is 10.2 Å². The van der Waals surface area contributed by atoms with Crippen LogP contribution in [0.3, 0.4) is 0 Å². The lowest BCUT2D eigenvalue weighted by Crippen LogP contribution is -2.43. The maximum Gasteiger partial charge on any atom is 0.281 e. The standard InChI is InChI=1S/C9H23N3O2S/c1-9(2)12(5)15(13,14)11(4)8-6-7-10-3/h9-10H,6-8H2,1-5H3. The smallest absolute Gasteiger partial charge is 0.281 e. The SMILES string of the molecule is CNCCCN(C)S(=O)(=O)N(C)C(C)C. The summed E-state index contributed by atoms with van der Waals surface area (Å²) >= 11 is 0. The third-order valence-electron chi connectivity index (χ3n) is 2.38. The van der Waals surface area contributed by atoms with E-state index >= 15 is 0 Å². The topological polar surface area (TPSA) is 52.7 Å². The minimum Gasteiger partial charge on any atom is -0.320 e. The van der Waals surface area contributed by atoms with Crippen molar-refractivity contribution in [2.75, 3.05) is 34.2 Å². The Balaban J connectivity index is 4.33. The summed E-state index contributed by atoms with van der Waals surface area (Å²) < 4.78 is 26.6. The summed E-state index contributed by atoms with van der Waals surface area (Å²) in [5, 5.41) is 2.99. The van der Waals surface area contributed by atoms with Crippen LogP contribution in [-0.2, 0) is 10.2 Å². The second-order valence-electron chi connectivity index (χ2n) is 3.90. The van der Waals surface area contributed by atoms with Gasteiger partial charge in [0.1, 0.15) is 0 Å². The van der Waals surface area contributed by atoms with E-state index < -0.39 is 10.2 Å². The summed E-state index contributed by atoms with van der Waals surface area (Å²) in [5.74, 6) is 0. The Kier molecular flexibility index (Phi) is 6.35. The predicted molar refractivity (Wildman–Crippen MR) is 63.0 cm³/mol. The molecule has 0 amide bonds. The van der Waals surface area contributed by atoms with E-state index in [1.54, 1.807) is 14.1 Å². The van der Waals surface area contributed by atoms with Crippen molar-refractivity contribution in [1.82, 2.24) is 13.9 Å². The van der Waals surface area contributed by atoms with Crippen molar-refractivity contribution < 1.29 is 8.42 Å².